The van der Waals surface area contributed by atoms with Crippen molar-refractivity contribution in [2.45, 2.75) is 46.1 Å². The highest BCUT2D eigenvalue weighted by molar-refractivity contribution is 8.16. The molecule has 0 heterocycles. The molecular formula is C18H25NO2S. The third-order valence-electron chi connectivity index (χ3n) is 3.21. The molecule has 0 unspecified atom stereocenters. The van der Waals surface area contributed by atoms with Gasteiger partial charge in [-0.15, -0.1) is 0 Å². The van der Waals surface area contributed by atoms with Crippen LogP contribution in [-0.4, -0.2) is 16.6 Å². The molecule has 0 bridgehead atoms. The van der Waals surface area contributed by atoms with Crippen LogP contribution in [-0.2, 0) is 4.79 Å². The number of hydrogen-bond acceptors (Lipinski definition) is 3. The Bertz CT molecular complexity index is 521. The van der Waals surface area contributed by atoms with Gasteiger partial charge in [0.15, 0.2) is 0 Å². The summed E-state index contributed by atoms with van der Waals surface area (Å²) in [6.07, 6.45) is 3.42. The van der Waals surface area contributed by atoms with Crippen LogP contribution in [0.4, 0.5) is 0 Å². The summed E-state index contributed by atoms with van der Waals surface area (Å²) < 4.78 is 0. The van der Waals surface area contributed by atoms with Crippen LogP contribution >= 0.6 is 11.8 Å². The van der Waals surface area contributed by atoms with Crippen molar-refractivity contribution in [2.24, 2.45) is 5.92 Å². The SMILES string of the molecule is CC(C)CCC(C)(C)NC(=O)C=CSC(=O)c1ccccc1. The first-order chi connectivity index (χ1) is 10.3. The van der Waals surface area contributed by atoms with Crippen LogP contribution in [0.25, 0.3) is 0 Å². The zero-order chi connectivity index (χ0) is 16.6. The molecule has 0 aliphatic carbocycles. The molecular weight excluding hydrogens is 294 g/mol. The maximum Gasteiger partial charge on any atom is 0.244 e. The molecule has 0 radical (unpaired) electrons. The molecule has 0 atom stereocenters. The number of carbonyl (C=O) groups excluding carboxylic acids is 2. The molecule has 0 fully saturated rings. The largest absolute Gasteiger partial charge is 0.348 e. The Hall–Kier alpha value is -1.55. The van der Waals surface area contributed by atoms with Crippen molar-refractivity contribution in [3.05, 3.63) is 47.4 Å². The van der Waals surface area contributed by atoms with E-state index < -0.39 is 0 Å². The lowest BCUT2D eigenvalue weighted by Gasteiger charge is -2.26. The Balaban J connectivity index is 2.43. The minimum absolute atomic E-state index is 0.0660. The molecule has 1 aromatic carbocycles. The van der Waals surface area contributed by atoms with Crippen LogP contribution in [0.5, 0.6) is 0 Å². The van der Waals surface area contributed by atoms with E-state index in [0.29, 0.717) is 11.5 Å². The Labute approximate surface area is 137 Å². The first kappa shape index (κ1) is 18.5. The van der Waals surface area contributed by atoms with Gasteiger partial charge in [-0.3, -0.25) is 9.59 Å². The van der Waals surface area contributed by atoms with Crippen molar-refractivity contribution in [1.82, 2.24) is 5.32 Å². The number of benzene rings is 1. The topological polar surface area (TPSA) is 46.2 Å². The number of nitrogens with one attached hydrogen (secondary N) is 1. The van der Waals surface area contributed by atoms with Gasteiger partial charge in [0.05, 0.1) is 0 Å². The van der Waals surface area contributed by atoms with E-state index in [9.17, 15) is 9.59 Å². The van der Waals surface area contributed by atoms with E-state index in [-0.39, 0.29) is 16.6 Å². The lowest BCUT2D eigenvalue weighted by molar-refractivity contribution is -0.118. The van der Waals surface area contributed by atoms with Gasteiger partial charge >= 0.3 is 0 Å². The fourth-order valence-corrected chi connectivity index (χ4v) is 2.47. The summed E-state index contributed by atoms with van der Waals surface area (Å²) in [5.74, 6) is 0.452. The van der Waals surface area contributed by atoms with Gasteiger partial charge in [-0.05, 0) is 38.0 Å². The van der Waals surface area contributed by atoms with Gasteiger partial charge < -0.3 is 5.32 Å². The summed E-state index contributed by atoms with van der Waals surface area (Å²) in [6.45, 7) is 8.38. The molecule has 0 aromatic heterocycles. The highest BCUT2D eigenvalue weighted by Gasteiger charge is 2.19. The Morgan fingerprint density at radius 1 is 1.23 bits per heavy atom. The van der Waals surface area contributed by atoms with Crippen LogP contribution in [0.1, 0.15) is 50.9 Å². The molecule has 1 rings (SSSR count). The average Bonchev–Trinajstić information content (AvgIpc) is 2.45. The molecule has 4 heteroatoms. The van der Waals surface area contributed by atoms with Gasteiger partial charge in [0.25, 0.3) is 0 Å². The molecule has 1 N–H and O–H groups in total. The summed E-state index contributed by atoms with van der Waals surface area (Å²) >= 11 is 1.02. The molecule has 1 amide bonds. The first-order valence-electron chi connectivity index (χ1n) is 7.55. The Kier molecular flexibility index (Phi) is 7.39. The van der Waals surface area contributed by atoms with Gasteiger partial charge in [-0.2, -0.15) is 0 Å². The molecule has 22 heavy (non-hydrogen) atoms. The Morgan fingerprint density at radius 3 is 2.45 bits per heavy atom. The van der Waals surface area contributed by atoms with E-state index in [1.807, 2.05) is 32.0 Å². The maximum absolute atomic E-state index is 11.9. The lowest BCUT2D eigenvalue weighted by atomic mass is 9.94. The highest BCUT2D eigenvalue weighted by atomic mass is 32.2. The van der Waals surface area contributed by atoms with Crippen LogP contribution in [0.2, 0.25) is 0 Å². The standard InChI is InChI=1S/C18H25NO2S/c1-14(2)10-12-18(3,4)19-16(20)11-13-22-17(21)15-8-6-5-7-9-15/h5-9,11,13-14H,10,12H2,1-4H3,(H,19,20). The number of hydrogen-bond donors (Lipinski definition) is 1. The molecule has 0 saturated heterocycles. The molecule has 0 aliphatic rings. The first-order valence-corrected chi connectivity index (χ1v) is 8.43. The van der Waals surface area contributed by atoms with E-state index in [0.717, 1.165) is 24.6 Å². The van der Waals surface area contributed by atoms with Crippen molar-refractivity contribution in [2.75, 3.05) is 0 Å². The van der Waals surface area contributed by atoms with Crippen molar-refractivity contribution in [1.29, 1.82) is 0 Å². The zero-order valence-corrected chi connectivity index (χ0v) is 14.6. The quantitative estimate of drug-likeness (QED) is 0.757. The molecule has 1 aromatic rings. The fraction of sp³-hybridized carbons (Fsp3) is 0.444. The number of carbonyl (C=O) groups is 2. The summed E-state index contributed by atoms with van der Waals surface area (Å²) in [7, 11) is 0. The van der Waals surface area contributed by atoms with E-state index >= 15 is 0 Å². The van der Waals surface area contributed by atoms with Crippen LogP contribution < -0.4 is 5.32 Å². The second-order valence-corrected chi connectivity index (χ2v) is 7.26. The number of amides is 1. The van der Waals surface area contributed by atoms with Gasteiger partial charge in [-0.25, -0.2) is 0 Å². The molecule has 3 nitrogen and oxygen atoms in total. The van der Waals surface area contributed by atoms with Crippen molar-refractivity contribution in [3.63, 3.8) is 0 Å². The molecule has 0 saturated carbocycles. The second-order valence-electron chi connectivity index (χ2n) is 6.38. The number of thioether (sulfide) groups is 1. The minimum Gasteiger partial charge on any atom is -0.348 e. The third kappa shape index (κ3) is 7.46. The van der Waals surface area contributed by atoms with Crippen LogP contribution in [0.15, 0.2) is 41.8 Å². The van der Waals surface area contributed by atoms with E-state index in [4.69, 9.17) is 0 Å². The van der Waals surface area contributed by atoms with E-state index in [1.165, 1.54) is 6.08 Å². The monoisotopic (exact) mass is 319 g/mol. The van der Waals surface area contributed by atoms with E-state index in [1.54, 1.807) is 17.5 Å². The van der Waals surface area contributed by atoms with E-state index in [2.05, 4.69) is 19.2 Å². The van der Waals surface area contributed by atoms with Gasteiger partial charge in [-0.1, -0.05) is 55.9 Å². The van der Waals surface area contributed by atoms with Gasteiger partial charge in [0.2, 0.25) is 11.0 Å². The predicted octanol–water partition coefficient (Wildman–Crippen LogP) is 4.40. The summed E-state index contributed by atoms with van der Waals surface area (Å²) in [6, 6.07) is 9.03. The fourth-order valence-electron chi connectivity index (χ4n) is 1.89. The van der Waals surface area contributed by atoms with Gasteiger partial charge in [0, 0.05) is 17.2 Å². The van der Waals surface area contributed by atoms with Crippen molar-refractivity contribution in [3.8, 4) is 0 Å². The lowest BCUT2D eigenvalue weighted by Crippen LogP contribution is -2.42. The van der Waals surface area contributed by atoms with Crippen molar-refractivity contribution < 1.29 is 9.59 Å². The minimum atomic E-state index is -0.236. The Morgan fingerprint density at radius 2 is 1.86 bits per heavy atom. The molecule has 120 valence electrons. The maximum atomic E-state index is 11.9. The number of rotatable bonds is 7. The third-order valence-corrected chi connectivity index (χ3v) is 3.93. The zero-order valence-electron chi connectivity index (χ0n) is 13.8. The molecule has 0 spiro atoms. The second kappa shape index (κ2) is 8.79. The summed E-state index contributed by atoms with van der Waals surface area (Å²) in [4.78, 5) is 23.8. The summed E-state index contributed by atoms with van der Waals surface area (Å²) in [5, 5.41) is 4.45. The normalized spacial score (nSPS) is 11.9. The predicted molar refractivity (Wildman–Crippen MR) is 93.8 cm³/mol. The molecule has 0 aliphatic heterocycles. The van der Waals surface area contributed by atoms with Gasteiger partial charge in [0.1, 0.15) is 0 Å². The van der Waals surface area contributed by atoms with Crippen molar-refractivity contribution >= 4 is 22.8 Å². The van der Waals surface area contributed by atoms with Crippen LogP contribution in [0.3, 0.4) is 0 Å². The van der Waals surface area contributed by atoms with Crippen LogP contribution in [0, 0.1) is 5.92 Å². The summed E-state index contributed by atoms with van der Waals surface area (Å²) in [5.41, 5.74) is 0.398. The smallest absolute Gasteiger partial charge is 0.244 e. The highest BCUT2D eigenvalue weighted by Crippen LogP contribution is 2.16. The average molecular weight is 319 g/mol.